The molecule has 0 radical (unpaired) electrons. The van der Waals surface area contributed by atoms with Crippen molar-refractivity contribution in [3.63, 3.8) is 0 Å². The number of halogens is 1. The first-order chi connectivity index (χ1) is 15.0. The summed E-state index contributed by atoms with van der Waals surface area (Å²) >= 11 is 7.57. The van der Waals surface area contributed by atoms with Gasteiger partial charge in [-0.05, 0) is 66.2 Å². The first kappa shape index (κ1) is 19.8. The van der Waals surface area contributed by atoms with Crippen LogP contribution in [-0.2, 0) is 16.0 Å². The Kier molecular flexibility index (Phi) is 5.04. The Morgan fingerprint density at radius 2 is 2.00 bits per heavy atom. The van der Waals surface area contributed by atoms with Gasteiger partial charge in [-0.25, -0.2) is 0 Å². The minimum absolute atomic E-state index is 0.0732. The number of Topliss-reactive ketones (excluding diaryl/α,β-unsaturated/α-hetero) is 1. The van der Waals surface area contributed by atoms with E-state index in [2.05, 4.69) is 0 Å². The van der Waals surface area contributed by atoms with Crippen LogP contribution in [0, 0.1) is 0 Å². The summed E-state index contributed by atoms with van der Waals surface area (Å²) in [6.45, 7) is 0.668. The number of nitrogens with zero attached hydrogens (tertiary/aromatic N) is 1. The Balaban J connectivity index is 1.68. The number of aryl methyl sites for hydroxylation is 1. The number of hydrogen-bond acceptors (Lipinski definition) is 5. The van der Waals surface area contributed by atoms with Gasteiger partial charge in [-0.1, -0.05) is 23.7 Å². The number of amides is 1. The van der Waals surface area contributed by atoms with Gasteiger partial charge in [0, 0.05) is 21.2 Å². The minimum Gasteiger partial charge on any atom is -0.507 e. The van der Waals surface area contributed by atoms with Crippen molar-refractivity contribution in [3.05, 3.63) is 86.6 Å². The van der Waals surface area contributed by atoms with Crippen molar-refractivity contribution in [2.24, 2.45) is 0 Å². The predicted octanol–water partition coefficient (Wildman–Crippen LogP) is 5.35. The van der Waals surface area contributed by atoms with Gasteiger partial charge in [0.1, 0.15) is 17.6 Å². The number of aliphatic hydroxyl groups is 1. The van der Waals surface area contributed by atoms with Gasteiger partial charge in [0.15, 0.2) is 0 Å². The fourth-order valence-electron chi connectivity index (χ4n) is 4.10. The van der Waals surface area contributed by atoms with Crippen LogP contribution in [0.25, 0.3) is 5.76 Å². The third-order valence-corrected chi connectivity index (χ3v) is 6.69. The Hall–Kier alpha value is -3.09. The zero-order valence-electron chi connectivity index (χ0n) is 16.4. The molecule has 0 spiro atoms. The van der Waals surface area contributed by atoms with Gasteiger partial charge in [-0.3, -0.25) is 14.5 Å². The molecule has 3 aromatic rings. The SMILES string of the molecule is O=C1C(=O)N(c2cccc(Cl)c2)C(c2cccs2)/C1=C(/O)c1ccc2c(c1)CCCO2. The number of hydrogen-bond donors (Lipinski definition) is 1. The van der Waals surface area contributed by atoms with E-state index in [0.717, 1.165) is 29.0 Å². The van der Waals surface area contributed by atoms with E-state index >= 15 is 0 Å². The number of aliphatic hydroxyl groups excluding tert-OH is 1. The second kappa shape index (κ2) is 7.87. The van der Waals surface area contributed by atoms with E-state index in [1.807, 2.05) is 23.6 Å². The third-order valence-electron chi connectivity index (χ3n) is 5.53. The standard InChI is InChI=1S/C24H18ClNO4S/c25-16-5-1-6-17(13-16)26-21(19-7-3-11-31-19)20(23(28)24(26)29)22(27)15-8-9-18-14(12-15)4-2-10-30-18/h1,3,5-9,11-13,21,27H,2,4,10H2/b22-20-. The summed E-state index contributed by atoms with van der Waals surface area (Å²) in [6.07, 6.45) is 1.73. The highest BCUT2D eigenvalue weighted by atomic mass is 35.5. The second-order valence-corrected chi connectivity index (χ2v) is 8.85. The van der Waals surface area contributed by atoms with Gasteiger partial charge in [-0.15, -0.1) is 11.3 Å². The van der Waals surface area contributed by atoms with E-state index in [1.165, 1.54) is 16.2 Å². The molecule has 1 N–H and O–H groups in total. The highest BCUT2D eigenvalue weighted by Gasteiger charge is 2.47. The monoisotopic (exact) mass is 451 g/mol. The van der Waals surface area contributed by atoms with Crippen molar-refractivity contribution in [1.29, 1.82) is 0 Å². The summed E-state index contributed by atoms with van der Waals surface area (Å²) < 4.78 is 5.65. The van der Waals surface area contributed by atoms with Crippen molar-refractivity contribution >= 4 is 46.1 Å². The van der Waals surface area contributed by atoms with Gasteiger partial charge in [0.25, 0.3) is 11.7 Å². The molecule has 1 aromatic heterocycles. The van der Waals surface area contributed by atoms with Crippen LogP contribution >= 0.6 is 22.9 Å². The van der Waals surface area contributed by atoms with Crippen LogP contribution in [0.2, 0.25) is 5.02 Å². The number of carbonyl (C=O) groups is 2. The highest BCUT2D eigenvalue weighted by Crippen LogP contribution is 2.44. The first-order valence-corrected chi connectivity index (χ1v) is 11.2. The van der Waals surface area contributed by atoms with E-state index in [9.17, 15) is 14.7 Å². The molecule has 1 amide bonds. The Labute approximate surface area is 188 Å². The van der Waals surface area contributed by atoms with Gasteiger partial charge < -0.3 is 9.84 Å². The molecule has 0 saturated carbocycles. The maximum absolute atomic E-state index is 13.1. The lowest BCUT2D eigenvalue weighted by Crippen LogP contribution is -2.29. The summed E-state index contributed by atoms with van der Waals surface area (Å²) in [6, 6.07) is 15.1. The van der Waals surface area contributed by atoms with E-state index < -0.39 is 17.7 Å². The van der Waals surface area contributed by atoms with E-state index in [-0.39, 0.29) is 11.3 Å². The molecule has 5 nitrogen and oxygen atoms in total. The van der Waals surface area contributed by atoms with Crippen LogP contribution in [0.5, 0.6) is 5.75 Å². The van der Waals surface area contributed by atoms with Crippen LogP contribution in [0.1, 0.15) is 28.5 Å². The quantitative estimate of drug-likeness (QED) is 0.331. The van der Waals surface area contributed by atoms with Crippen molar-refractivity contribution in [2.45, 2.75) is 18.9 Å². The molecular formula is C24H18ClNO4S. The van der Waals surface area contributed by atoms with Gasteiger partial charge in [-0.2, -0.15) is 0 Å². The molecule has 2 aliphatic rings. The fraction of sp³-hybridized carbons (Fsp3) is 0.167. The Morgan fingerprint density at radius 3 is 2.77 bits per heavy atom. The molecule has 3 heterocycles. The smallest absolute Gasteiger partial charge is 0.300 e. The van der Waals surface area contributed by atoms with E-state index in [4.69, 9.17) is 16.3 Å². The van der Waals surface area contributed by atoms with Crippen LogP contribution in [0.3, 0.4) is 0 Å². The largest absolute Gasteiger partial charge is 0.507 e. The number of ketones is 1. The maximum Gasteiger partial charge on any atom is 0.300 e. The zero-order chi connectivity index (χ0) is 21.5. The van der Waals surface area contributed by atoms with Crippen LogP contribution < -0.4 is 9.64 Å². The highest BCUT2D eigenvalue weighted by molar-refractivity contribution is 7.10. The minimum atomic E-state index is -0.731. The molecule has 5 rings (SSSR count). The van der Waals surface area contributed by atoms with Gasteiger partial charge in [0.2, 0.25) is 0 Å². The van der Waals surface area contributed by atoms with Gasteiger partial charge >= 0.3 is 0 Å². The molecule has 0 aliphatic carbocycles. The van der Waals surface area contributed by atoms with E-state index in [0.29, 0.717) is 22.9 Å². The average molecular weight is 452 g/mol. The first-order valence-electron chi connectivity index (χ1n) is 9.90. The summed E-state index contributed by atoms with van der Waals surface area (Å²) in [5.41, 5.74) is 2.05. The van der Waals surface area contributed by atoms with Crippen molar-refractivity contribution in [3.8, 4) is 5.75 Å². The molecule has 1 atom stereocenters. The number of ether oxygens (including phenoxy) is 1. The normalized spacial score (nSPS) is 19.9. The molecule has 2 aromatic carbocycles. The number of carbonyl (C=O) groups excluding carboxylic acids is 2. The summed E-state index contributed by atoms with van der Waals surface area (Å²) in [5, 5.41) is 13.6. The third kappa shape index (κ3) is 3.42. The molecule has 2 aliphatic heterocycles. The van der Waals surface area contributed by atoms with Crippen molar-refractivity contribution < 1.29 is 19.4 Å². The van der Waals surface area contributed by atoms with Crippen LogP contribution in [-0.4, -0.2) is 23.4 Å². The molecule has 0 bridgehead atoms. The zero-order valence-corrected chi connectivity index (χ0v) is 17.9. The molecule has 31 heavy (non-hydrogen) atoms. The molecule has 1 unspecified atom stereocenters. The fourth-order valence-corrected chi connectivity index (χ4v) is 5.11. The lowest BCUT2D eigenvalue weighted by Gasteiger charge is -2.24. The average Bonchev–Trinajstić information content (AvgIpc) is 3.40. The molecule has 7 heteroatoms. The number of fused-ring (bicyclic) bond motifs is 1. The van der Waals surface area contributed by atoms with Crippen LogP contribution in [0.4, 0.5) is 5.69 Å². The number of thiophene rings is 1. The Morgan fingerprint density at radius 1 is 1.13 bits per heavy atom. The van der Waals surface area contributed by atoms with Crippen LogP contribution in [0.15, 0.2) is 65.6 Å². The molecule has 1 fully saturated rings. The van der Waals surface area contributed by atoms with E-state index in [1.54, 1.807) is 36.4 Å². The summed E-state index contributed by atoms with van der Waals surface area (Å²) in [4.78, 5) is 28.4. The lowest BCUT2D eigenvalue weighted by molar-refractivity contribution is -0.132. The number of rotatable bonds is 3. The van der Waals surface area contributed by atoms with Crippen molar-refractivity contribution in [2.75, 3.05) is 11.5 Å². The lowest BCUT2D eigenvalue weighted by atomic mass is 9.97. The summed E-state index contributed by atoms with van der Waals surface area (Å²) in [5.74, 6) is -0.806. The summed E-state index contributed by atoms with van der Waals surface area (Å²) in [7, 11) is 0. The number of anilines is 1. The number of benzene rings is 2. The topological polar surface area (TPSA) is 66.8 Å². The Bertz CT molecular complexity index is 1220. The molecule has 156 valence electrons. The molecular weight excluding hydrogens is 434 g/mol. The predicted molar refractivity (Wildman–Crippen MR) is 121 cm³/mol. The maximum atomic E-state index is 13.1. The van der Waals surface area contributed by atoms with Gasteiger partial charge in [0.05, 0.1) is 12.2 Å². The second-order valence-electron chi connectivity index (χ2n) is 7.44. The van der Waals surface area contributed by atoms with Crippen molar-refractivity contribution in [1.82, 2.24) is 0 Å². The molecule has 1 saturated heterocycles.